The summed E-state index contributed by atoms with van der Waals surface area (Å²) < 4.78 is 40.7. The number of aromatic nitrogens is 2. The largest absolute Gasteiger partial charge is 0.418 e. The molecule has 19 heavy (non-hydrogen) atoms. The van der Waals surface area contributed by atoms with Crippen LogP contribution in [-0.4, -0.2) is 9.78 Å². The summed E-state index contributed by atoms with van der Waals surface area (Å²) in [6.07, 6.45) is -2.79. The predicted octanol–water partition coefficient (Wildman–Crippen LogP) is 3.81. The Balaban J connectivity index is 2.23. The van der Waals surface area contributed by atoms with Crippen LogP contribution >= 0.6 is 15.9 Å². The SMILES string of the molecule is Cn1nccc1CNc1ccc(Br)cc1C(F)(F)F. The van der Waals surface area contributed by atoms with Crippen LogP contribution in [-0.2, 0) is 19.8 Å². The van der Waals surface area contributed by atoms with Crippen molar-refractivity contribution in [2.45, 2.75) is 12.7 Å². The third-order valence-corrected chi connectivity index (χ3v) is 3.16. The van der Waals surface area contributed by atoms with Crippen molar-refractivity contribution in [2.75, 3.05) is 5.32 Å². The average Bonchev–Trinajstić information content (AvgIpc) is 2.72. The molecule has 0 fully saturated rings. The van der Waals surface area contributed by atoms with Gasteiger partial charge in [-0.3, -0.25) is 4.68 Å². The minimum absolute atomic E-state index is 0.0527. The smallest absolute Gasteiger partial charge is 0.379 e. The highest BCUT2D eigenvalue weighted by Gasteiger charge is 2.33. The van der Waals surface area contributed by atoms with Crippen molar-refractivity contribution in [3.8, 4) is 0 Å². The molecule has 1 heterocycles. The molecule has 0 saturated carbocycles. The zero-order valence-corrected chi connectivity index (χ0v) is 11.6. The number of alkyl halides is 3. The number of anilines is 1. The summed E-state index contributed by atoms with van der Waals surface area (Å²) in [5.74, 6) is 0. The summed E-state index contributed by atoms with van der Waals surface area (Å²) in [5.41, 5.74) is 0.164. The maximum Gasteiger partial charge on any atom is 0.418 e. The lowest BCUT2D eigenvalue weighted by Crippen LogP contribution is -2.12. The van der Waals surface area contributed by atoms with Crippen LogP contribution < -0.4 is 5.32 Å². The molecule has 3 nitrogen and oxygen atoms in total. The lowest BCUT2D eigenvalue weighted by molar-refractivity contribution is -0.137. The van der Waals surface area contributed by atoms with E-state index < -0.39 is 11.7 Å². The molecule has 7 heteroatoms. The molecule has 0 radical (unpaired) electrons. The number of hydrogen-bond acceptors (Lipinski definition) is 2. The molecule has 0 aliphatic rings. The van der Waals surface area contributed by atoms with Gasteiger partial charge in [-0.25, -0.2) is 0 Å². The Bertz CT molecular complexity index is 578. The fourth-order valence-corrected chi connectivity index (χ4v) is 2.03. The molecule has 1 aromatic carbocycles. The van der Waals surface area contributed by atoms with Crippen LogP contribution in [0.25, 0.3) is 0 Å². The minimum Gasteiger partial charge on any atom is -0.379 e. The molecule has 102 valence electrons. The summed E-state index contributed by atoms with van der Waals surface area (Å²) in [7, 11) is 1.74. The Hall–Kier alpha value is -1.50. The molecule has 2 rings (SSSR count). The van der Waals surface area contributed by atoms with Gasteiger partial charge in [-0.05, 0) is 24.3 Å². The van der Waals surface area contributed by atoms with Crippen LogP contribution in [0.4, 0.5) is 18.9 Å². The molecule has 1 aromatic heterocycles. The van der Waals surface area contributed by atoms with Gasteiger partial charge >= 0.3 is 6.18 Å². The Morgan fingerprint density at radius 2 is 2.05 bits per heavy atom. The number of benzene rings is 1. The number of aryl methyl sites for hydroxylation is 1. The summed E-state index contributed by atoms with van der Waals surface area (Å²) in [6, 6.07) is 5.79. The van der Waals surface area contributed by atoms with Gasteiger partial charge in [0.25, 0.3) is 0 Å². The van der Waals surface area contributed by atoms with E-state index in [2.05, 4.69) is 26.3 Å². The summed E-state index contributed by atoms with van der Waals surface area (Å²) in [6.45, 7) is 0.279. The van der Waals surface area contributed by atoms with Crippen molar-refractivity contribution >= 4 is 21.6 Å². The molecule has 0 amide bonds. The van der Waals surface area contributed by atoms with E-state index >= 15 is 0 Å². The maximum atomic E-state index is 12.9. The lowest BCUT2D eigenvalue weighted by atomic mass is 10.1. The maximum absolute atomic E-state index is 12.9. The molecular weight excluding hydrogens is 323 g/mol. The van der Waals surface area contributed by atoms with Crippen molar-refractivity contribution in [1.82, 2.24) is 9.78 Å². The van der Waals surface area contributed by atoms with Crippen LogP contribution in [0.2, 0.25) is 0 Å². The Morgan fingerprint density at radius 3 is 2.63 bits per heavy atom. The van der Waals surface area contributed by atoms with Crippen LogP contribution in [0.3, 0.4) is 0 Å². The van der Waals surface area contributed by atoms with Gasteiger partial charge in [0.1, 0.15) is 0 Å². The molecular formula is C12H11BrF3N3. The number of nitrogens with zero attached hydrogens (tertiary/aromatic N) is 2. The quantitative estimate of drug-likeness (QED) is 0.925. The van der Waals surface area contributed by atoms with E-state index in [0.29, 0.717) is 4.47 Å². The summed E-state index contributed by atoms with van der Waals surface area (Å²) in [5, 5.41) is 6.75. The molecule has 0 aliphatic heterocycles. The molecule has 0 saturated heterocycles. The van der Waals surface area contributed by atoms with Gasteiger partial charge in [-0.15, -0.1) is 0 Å². The van der Waals surface area contributed by atoms with Crippen molar-refractivity contribution < 1.29 is 13.2 Å². The zero-order chi connectivity index (χ0) is 14.0. The lowest BCUT2D eigenvalue weighted by Gasteiger charge is -2.15. The van der Waals surface area contributed by atoms with Gasteiger partial charge < -0.3 is 5.32 Å². The van der Waals surface area contributed by atoms with E-state index in [4.69, 9.17) is 0 Å². The third kappa shape index (κ3) is 3.28. The van der Waals surface area contributed by atoms with E-state index in [1.807, 2.05) is 0 Å². The standard InChI is InChI=1S/C12H11BrF3N3/c1-19-9(4-5-18-19)7-17-11-3-2-8(13)6-10(11)12(14,15)16/h2-6,17H,7H2,1H3. The van der Waals surface area contributed by atoms with Crippen LogP contribution in [0.15, 0.2) is 34.9 Å². The first kappa shape index (κ1) is 13.9. The van der Waals surface area contributed by atoms with Gasteiger partial charge in [-0.2, -0.15) is 18.3 Å². The van der Waals surface area contributed by atoms with Crippen molar-refractivity contribution in [2.24, 2.45) is 7.05 Å². The molecule has 0 atom stereocenters. The van der Waals surface area contributed by atoms with Crippen molar-refractivity contribution in [3.05, 3.63) is 46.2 Å². The van der Waals surface area contributed by atoms with Crippen LogP contribution in [0, 0.1) is 0 Å². The normalized spacial score (nSPS) is 11.6. The second-order valence-corrected chi connectivity index (χ2v) is 4.90. The van der Waals surface area contributed by atoms with E-state index in [0.717, 1.165) is 11.8 Å². The molecule has 1 N–H and O–H groups in total. The topological polar surface area (TPSA) is 29.9 Å². The number of halogens is 4. The zero-order valence-electron chi connectivity index (χ0n) is 10.0. The second-order valence-electron chi connectivity index (χ2n) is 3.99. The Kier molecular flexibility index (Phi) is 3.84. The monoisotopic (exact) mass is 333 g/mol. The number of rotatable bonds is 3. The van der Waals surface area contributed by atoms with Crippen molar-refractivity contribution in [1.29, 1.82) is 0 Å². The number of nitrogens with one attached hydrogen (secondary N) is 1. The van der Waals surface area contributed by atoms with Crippen molar-refractivity contribution in [3.63, 3.8) is 0 Å². The molecule has 0 aliphatic carbocycles. The first-order valence-corrected chi connectivity index (χ1v) is 6.25. The first-order valence-electron chi connectivity index (χ1n) is 5.45. The third-order valence-electron chi connectivity index (χ3n) is 2.67. The summed E-state index contributed by atoms with van der Waals surface area (Å²) >= 11 is 3.05. The Labute approximate surface area is 116 Å². The molecule has 2 aromatic rings. The Morgan fingerprint density at radius 1 is 1.32 bits per heavy atom. The van der Waals surface area contributed by atoms with E-state index in [-0.39, 0.29) is 12.2 Å². The van der Waals surface area contributed by atoms with Crippen LogP contribution in [0.5, 0.6) is 0 Å². The predicted molar refractivity (Wildman–Crippen MR) is 69.7 cm³/mol. The molecule has 0 bridgehead atoms. The fraction of sp³-hybridized carbons (Fsp3) is 0.250. The molecule has 0 spiro atoms. The average molecular weight is 334 g/mol. The van der Waals surface area contributed by atoms with Gasteiger partial charge in [0.2, 0.25) is 0 Å². The van der Waals surface area contributed by atoms with E-state index in [9.17, 15) is 13.2 Å². The second kappa shape index (κ2) is 5.24. The van der Waals surface area contributed by atoms with Gasteiger partial charge in [0.15, 0.2) is 0 Å². The molecule has 0 unspecified atom stereocenters. The number of hydrogen-bond donors (Lipinski definition) is 1. The highest BCUT2D eigenvalue weighted by molar-refractivity contribution is 9.10. The van der Waals surface area contributed by atoms with Gasteiger partial charge in [0.05, 0.1) is 17.8 Å². The first-order chi connectivity index (χ1) is 8.88. The highest BCUT2D eigenvalue weighted by Crippen LogP contribution is 2.36. The van der Waals surface area contributed by atoms with Gasteiger partial charge in [0, 0.05) is 23.4 Å². The summed E-state index contributed by atoms with van der Waals surface area (Å²) in [4.78, 5) is 0. The van der Waals surface area contributed by atoms with Gasteiger partial charge in [-0.1, -0.05) is 15.9 Å². The van der Waals surface area contributed by atoms with E-state index in [1.54, 1.807) is 30.1 Å². The van der Waals surface area contributed by atoms with E-state index in [1.165, 1.54) is 6.07 Å². The minimum atomic E-state index is -4.39. The fourth-order valence-electron chi connectivity index (χ4n) is 1.67. The van der Waals surface area contributed by atoms with Crippen LogP contribution in [0.1, 0.15) is 11.3 Å². The highest BCUT2D eigenvalue weighted by atomic mass is 79.9.